The monoisotopic (exact) mass is 461 g/mol. The van der Waals surface area contributed by atoms with Gasteiger partial charge in [-0.2, -0.15) is 4.98 Å². The van der Waals surface area contributed by atoms with Gasteiger partial charge in [-0.3, -0.25) is 14.2 Å². The Morgan fingerprint density at radius 2 is 2.29 bits per heavy atom. The van der Waals surface area contributed by atoms with Crippen molar-refractivity contribution >= 4 is 54.3 Å². The van der Waals surface area contributed by atoms with E-state index >= 15 is 0 Å². The molecule has 0 bridgehead atoms. The minimum Gasteiger partial charge on any atom is -0.348 e. The van der Waals surface area contributed by atoms with Crippen LogP contribution in [0.5, 0.6) is 0 Å². The summed E-state index contributed by atoms with van der Waals surface area (Å²) < 4.78 is 2.69. The summed E-state index contributed by atoms with van der Waals surface area (Å²) in [5.41, 5.74) is 0.885. The molecule has 28 heavy (non-hydrogen) atoms. The molecule has 1 N–H and O–H groups in total. The van der Waals surface area contributed by atoms with E-state index in [1.165, 1.54) is 28.7 Å². The number of carbonyl (C=O) groups excluding carboxylic acids is 1. The number of hydrogen-bond acceptors (Lipinski definition) is 6. The topological polar surface area (TPSA) is 80.1 Å². The van der Waals surface area contributed by atoms with Crippen molar-refractivity contribution in [3.05, 3.63) is 45.4 Å². The van der Waals surface area contributed by atoms with E-state index in [1.807, 2.05) is 12.1 Å². The fourth-order valence-electron chi connectivity index (χ4n) is 3.37. The van der Waals surface area contributed by atoms with Gasteiger partial charge < -0.3 is 10.2 Å². The molecule has 7 nitrogen and oxygen atoms in total. The van der Waals surface area contributed by atoms with Crippen LogP contribution >= 0.6 is 27.3 Å². The fraction of sp³-hybridized carbons (Fsp3) is 0.368. The van der Waals surface area contributed by atoms with E-state index in [2.05, 4.69) is 43.0 Å². The van der Waals surface area contributed by atoms with Crippen molar-refractivity contribution in [2.45, 2.75) is 26.3 Å². The Hall–Kier alpha value is -2.26. The minimum atomic E-state index is -0.282. The molecular weight excluding hydrogens is 442 g/mol. The van der Waals surface area contributed by atoms with E-state index < -0.39 is 0 Å². The average molecular weight is 462 g/mol. The molecule has 0 spiro atoms. The Morgan fingerprint density at radius 1 is 1.43 bits per heavy atom. The summed E-state index contributed by atoms with van der Waals surface area (Å²) in [6.07, 6.45) is 3.75. The van der Waals surface area contributed by atoms with E-state index in [9.17, 15) is 9.59 Å². The molecule has 3 aromatic rings. The minimum absolute atomic E-state index is 0.0950. The number of hydrogen-bond donors (Lipinski definition) is 1. The van der Waals surface area contributed by atoms with Crippen LogP contribution in [0.15, 0.2) is 39.9 Å². The van der Waals surface area contributed by atoms with Crippen LogP contribution in [0.25, 0.3) is 10.3 Å². The Bertz CT molecular complexity index is 1080. The normalized spacial score (nSPS) is 17.1. The molecule has 1 aliphatic heterocycles. The maximum absolute atomic E-state index is 12.8. The second-order valence-electron chi connectivity index (χ2n) is 7.08. The van der Waals surface area contributed by atoms with Gasteiger partial charge in [0.25, 0.3) is 5.56 Å². The number of fused-ring (bicyclic) bond motifs is 1. The number of rotatable bonds is 4. The molecule has 0 aliphatic carbocycles. The van der Waals surface area contributed by atoms with Crippen LogP contribution in [-0.2, 0) is 11.3 Å². The molecule has 1 aromatic carbocycles. The summed E-state index contributed by atoms with van der Waals surface area (Å²) in [5, 5.41) is 3.63. The number of nitrogens with zero attached hydrogens (tertiary/aromatic N) is 4. The molecule has 0 unspecified atom stereocenters. The predicted molar refractivity (Wildman–Crippen MR) is 115 cm³/mol. The highest BCUT2D eigenvalue weighted by atomic mass is 79.9. The maximum atomic E-state index is 12.8. The molecule has 1 aliphatic rings. The lowest BCUT2D eigenvalue weighted by Crippen LogP contribution is -2.34. The van der Waals surface area contributed by atoms with Crippen molar-refractivity contribution in [1.29, 1.82) is 0 Å². The van der Waals surface area contributed by atoms with Crippen LogP contribution < -0.4 is 15.8 Å². The highest BCUT2D eigenvalue weighted by molar-refractivity contribution is 9.10. The lowest BCUT2D eigenvalue weighted by atomic mass is 10.0. The molecule has 2 aromatic heterocycles. The van der Waals surface area contributed by atoms with Crippen molar-refractivity contribution in [3.8, 4) is 0 Å². The number of aromatic nitrogens is 3. The van der Waals surface area contributed by atoms with E-state index in [0.717, 1.165) is 29.1 Å². The third-order valence-electron chi connectivity index (χ3n) is 4.72. The molecular formula is C19H20BrN5O2S. The molecule has 146 valence electrons. The number of thiazole rings is 1. The van der Waals surface area contributed by atoms with Crippen LogP contribution in [0.4, 0.5) is 10.8 Å². The molecule has 4 rings (SSSR count). The second kappa shape index (κ2) is 8.00. The number of amides is 1. The first-order chi connectivity index (χ1) is 13.5. The number of halogens is 1. The average Bonchev–Trinajstić information content (AvgIpc) is 3.09. The SMILES string of the molecule is C[C@@H]1CCCN(c2nc3ncn(CC(=O)Nc4cccc(Br)c4)c(=O)c3s2)C1. The zero-order chi connectivity index (χ0) is 19.7. The zero-order valence-corrected chi connectivity index (χ0v) is 17.8. The van der Waals surface area contributed by atoms with E-state index in [-0.39, 0.29) is 18.0 Å². The van der Waals surface area contributed by atoms with Crippen molar-refractivity contribution < 1.29 is 4.79 Å². The summed E-state index contributed by atoms with van der Waals surface area (Å²) in [6.45, 7) is 4.04. The van der Waals surface area contributed by atoms with E-state index in [4.69, 9.17) is 0 Å². The standard InChI is InChI=1S/C19H20BrN5O2S/c1-12-4-3-7-24(9-12)19-23-17-16(28-19)18(27)25(11-21-17)10-15(26)22-14-6-2-5-13(20)8-14/h2,5-6,8,11-12H,3-4,7,9-10H2,1H3,(H,22,26)/t12-/m1/s1. The molecule has 9 heteroatoms. The molecule has 0 radical (unpaired) electrons. The quantitative estimate of drug-likeness (QED) is 0.642. The molecule has 0 saturated carbocycles. The summed E-state index contributed by atoms with van der Waals surface area (Å²) in [5.74, 6) is 0.336. The van der Waals surface area contributed by atoms with Gasteiger partial charge in [0.1, 0.15) is 17.6 Å². The molecule has 1 saturated heterocycles. The van der Waals surface area contributed by atoms with Gasteiger partial charge in [0, 0.05) is 23.2 Å². The fourth-order valence-corrected chi connectivity index (χ4v) is 4.77. The van der Waals surface area contributed by atoms with Gasteiger partial charge in [-0.1, -0.05) is 40.3 Å². The largest absolute Gasteiger partial charge is 0.348 e. The molecule has 3 heterocycles. The van der Waals surface area contributed by atoms with Gasteiger partial charge in [0.05, 0.1) is 0 Å². The van der Waals surface area contributed by atoms with Crippen molar-refractivity contribution in [1.82, 2.24) is 14.5 Å². The smallest absolute Gasteiger partial charge is 0.273 e. The number of carbonyl (C=O) groups is 1. The summed E-state index contributed by atoms with van der Waals surface area (Å²) in [4.78, 5) is 36.2. The van der Waals surface area contributed by atoms with Crippen LogP contribution in [0, 0.1) is 5.92 Å². The molecule has 1 amide bonds. The zero-order valence-electron chi connectivity index (χ0n) is 15.4. The highest BCUT2D eigenvalue weighted by Gasteiger charge is 2.21. The number of piperidine rings is 1. The lowest BCUT2D eigenvalue weighted by Gasteiger charge is -2.30. The van der Waals surface area contributed by atoms with Gasteiger partial charge in [-0.05, 0) is 37.0 Å². The highest BCUT2D eigenvalue weighted by Crippen LogP contribution is 2.29. The van der Waals surface area contributed by atoms with Gasteiger partial charge in [0.15, 0.2) is 10.8 Å². The lowest BCUT2D eigenvalue weighted by molar-refractivity contribution is -0.116. The maximum Gasteiger partial charge on any atom is 0.273 e. The Balaban J connectivity index is 1.54. The van der Waals surface area contributed by atoms with Crippen molar-refractivity contribution in [2.24, 2.45) is 5.92 Å². The van der Waals surface area contributed by atoms with Crippen LogP contribution in [0.3, 0.4) is 0 Å². The van der Waals surface area contributed by atoms with Gasteiger partial charge in [-0.25, -0.2) is 4.98 Å². The molecule has 1 atom stereocenters. The second-order valence-corrected chi connectivity index (χ2v) is 8.97. The van der Waals surface area contributed by atoms with Crippen LogP contribution in [-0.4, -0.2) is 33.5 Å². The van der Waals surface area contributed by atoms with Gasteiger partial charge >= 0.3 is 0 Å². The number of benzene rings is 1. The van der Waals surface area contributed by atoms with Crippen molar-refractivity contribution in [2.75, 3.05) is 23.3 Å². The summed E-state index contributed by atoms with van der Waals surface area (Å²) >= 11 is 4.73. The van der Waals surface area contributed by atoms with E-state index in [0.29, 0.717) is 22.0 Å². The van der Waals surface area contributed by atoms with Gasteiger partial charge in [0.2, 0.25) is 5.91 Å². The van der Waals surface area contributed by atoms with Gasteiger partial charge in [-0.15, -0.1) is 0 Å². The Kier molecular flexibility index (Phi) is 5.45. The Morgan fingerprint density at radius 3 is 3.07 bits per heavy atom. The van der Waals surface area contributed by atoms with Crippen molar-refractivity contribution in [3.63, 3.8) is 0 Å². The first kappa shape index (κ1) is 19.1. The summed E-state index contributed by atoms with van der Waals surface area (Å²) in [6, 6.07) is 7.31. The first-order valence-corrected chi connectivity index (χ1v) is 10.8. The predicted octanol–water partition coefficient (Wildman–Crippen LogP) is 3.49. The number of anilines is 2. The van der Waals surface area contributed by atoms with Crippen LogP contribution in [0.1, 0.15) is 19.8 Å². The Labute approximate surface area is 174 Å². The number of nitrogens with one attached hydrogen (secondary N) is 1. The molecule has 1 fully saturated rings. The van der Waals surface area contributed by atoms with E-state index in [1.54, 1.807) is 12.1 Å². The summed E-state index contributed by atoms with van der Waals surface area (Å²) in [7, 11) is 0. The third kappa shape index (κ3) is 4.10. The first-order valence-electron chi connectivity index (χ1n) is 9.16. The third-order valence-corrected chi connectivity index (χ3v) is 6.31. The van der Waals surface area contributed by atoms with Crippen LogP contribution in [0.2, 0.25) is 0 Å².